The van der Waals surface area contributed by atoms with E-state index in [2.05, 4.69) is 28.2 Å². The molecule has 1 heterocycles. The van der Waals surface area contributed by atoms with Crippen LogP contribution in [0.15, 0.2) is 21.2 Å². The van der Waals surface area contributed by atoms with E-state index in [1.807, 2.05) is 13.1 Å². The van der Waals surface area contributed by atoms with E-state index in [4.69, 9.17) is 4.42 Å². The fourth-order valence-electron chi connectivity index (χ4n) is 0.995. The highest BCUT2D eigenvalue weighted by Gasteiger charge is 2.05. The maximum Gasteiger partial charge on any atom is 0.117 e. The molecule has 1 N–H and O–H groups in total. The van der Waals surface area contributed by atoms with E-state index in [0.29, 0.717) is 6.04 Å². The van der Waals surface area contributed by atoms with Crippen molar-refractivity contribution >= 4 is 15.9 Å². The number of rotatable bonds is 4. The third-order valence-corrected chi connectivity index (χ3v) is 2.69. The molecule has 1 aromatic heterocycles. The minimum Gasteiger partial charge on any atom is -0.468 e. The van der Waals surface area contributed by atoms with Crippen LogP contribution >= 0.6 is 15.9 Å². The van der Waals surface area contributed by atoms with Crippen LogP contribution in [0, 0.1) is 0 Å². The highest BCUT2D eigenvalue weighted by Crippen LogP contribution is 2.19. The van der Waals surface area contributed by atoms with E-state index in [0.717, 1.165) is 23.1 Å². The van der Waals surface area contributed by atoms with Crippen LogP contribution in [-0.2, 0) is 6.42 Å². The van der Waals surface area contributed by atoms with E-state index in [1.54, 1.807) is 6.26 Å². The van der Waals surface area contributed by atoms with Crippen molar-refractivity contribution in [2.75, 3.05) is 7.05 Å². The van der Waals surface area contributed by atoms with Crippen LogP contribution < -0.4 is 5.32 Å². The lowest BCUT2D eigenvalue weighted by Gasteiger charge is -2.07. The highest BCUT2D eigenvalue weighted by atomic mass is 79.9. The first kappa shape index (κ1) is 9.81. The largest absolute Gasteiger partial charge is 0.468 e. The lowest BCUT2D eigenvalue weighted by atomic mass is 10.1. The molecule has 1 atom stereocenters. The molecule has 12 heavy (non-hydrogen) atoms. The fourth-order valence-corrected chi connectivity index (χ4v) is 1.40. The Kier molecular flexibility index (Phi) is 3.82. The fraction of sp³-hybridized carbons (Fsp3) is 0.556. The summed E-state index contributed by atoms with van der Waals surface area (Å²) in [7, 11) is 1.97. The average Bonchev–Trinajstić information content (AvgIpc) is 2.47. The van der Waals surface area contributed by atoms with Crippen molar-refractivity contribution in [3.05, 3.63) is 22.6 Å². The Balaban J connectivity index is 2.38. The van der Waals surface area contributed by atoms with Crippen LogP contribution in [0.4, 0.5) is 0 Å². The van der Waals surface area contributed by atoms with Gasteiger partial charge in [0.1, 0.15) is 5.76 Å². The van der Waals surface area contributed by atoms with Gasteiger partial charge in [-0.3, -0.25) is 0 Å². The van der Waals surface area contributed by atoms with E-state index in [1.165, 1.54) is 0 Å². The maximum absolute atomic E-state index is 5.28. The van der Waals surface area contributed by atoms with Gasteiger partial charge < -0.3 is 9.73 Å². The normalized spacial score (nSPS) is 13.2. The summed E-state index contributed by atoms with van der Waals surface area (Å²) in [6.07, 6.45) is 3.79. The zero-order valence-corrected chi connectivity index (χ0v) is 9.02. The van der Waals surface area contributed by atoms with Crippen LogP contribution in [0.3, 0.4) is 0 Å². The number of halogens is 1. The number of aryl methyl sites for hydroxylation is 1. The maximum atomic E-state index is 5.28. The molecule has 0 aromatic carbocycles. The number of furan rings is 1. The first-order valence-corrected chi connectivity index (χ1v) is 4.92. The first-order valence-electron chi connectivity index (χ1n) is 4.13. The van der Waals surface area contributed by atoms with Gasteiger partial charge in [0.15, 0.2) is 0 Å². The van der Waals surface area contributed by atoms with Crippen LogP contribution in [0.2, 0.25) is 0 Å². The predicted molar refractivity (Wildman–Crippen MR) is 53.3 cm³/mol. The summed E-state index contributed by atoms with van der Waals surface area (Å²) < 4.78 is 6.36. The molecule has 0 aliphatic heterocycles. The molecule has 0 aliphatic carbocycles. The van der Waals surface area contributed by atoms with Gasteiger partial charge in [0, 0.05) is 12.5 Å². The van der Waals surface area contributed by atoms with Crippen molar-refractivity contribution in [2.24, 2.45) is 0 Å². The highest BCUT2D eigenvalue weighted by molar-refractivity contribution is 9.10. The molecule has 68 valence electrons. The van der Waals surface area contributed by atoms with Gasteiger partial charge in [-0.05, 0) is 42.4 Å². The monoisotopic (exact) mass is 231 g/mol. The minimum absolute atomic E-state index is 0.544. The molecular weight excluding hydrogens is 218 g/mol. The van der Waals surface area contributed by atoms with Gasteiger partial charge in [-0.25, -0.2) is 0 Å². The Morgan fingerprint density at radius 1 is 1.67 bits per heavy atom. The SMILES string of the molecule is CNC(C)CCc1occc1Br. The molecule has 2 nitrogen and oxygen atoms in total. The Morgan fingerprint density at radius 2 is 2.42 bits per heavy atom. The van der Waals surface area contributed by atoms with E-state index in [9.17, 15) is 0 Å². The second-order valence-electron chi connectivity index (χ2n) is 2.92. The van der Waals surface area contributed by atoms with Gasteiger partial charge in [0.2, 0.25) is 0 Å². The minimum atomic E-state index is 0.544. The van der Waals surface area contributed by atoms with Crippen molar-refractivity contribution in [3.8, 4) is 0 Å². The summed E-state index contributed by atoms with van der Waals surface area (Å²) in [6, 6.07) is 2.47. The summed E-state index contributed by atoms with van der Waals surface area (Å²) in [4.78, 5) is 0. The van der Waals surface area contributed by atoms with Gasteiger partial charge in [-0.2, -0.15) is 0 Å². The first-order chi connectivity index (χ1) is 5.74. The molecule has 0 saturated carbocycles. The molecular formula is C9H14BrNO. The lowest BCUT2D eigenvalue weighted by Crippen LogP contribution is -2.21. The van der Waals surface area contributed by atoms with Gasteiger partial charge in [0.25, 0.3) is 0 Å². The molecule has 1 rings (SSSR count). The number of hydrogen-bond acceptors (Lipinski definition) is 2. The Bertz CT molecular complexity index is 234. The van der Waals surface area contributed by atoms with Crippen LogP contribution in [0.1, 0.15) is 19.1 Å². The van der Waals surface area contributed by atoms with Crippen molar-refractivity contribution < 1.29 is 4.42 Å². The van der Waals surface area contributed by atoms with Crippen molar-refractivity contribution in [1.29, 1.82) is 0 Å². The Labute approximate surface area is 81.5 Å². The summed E-state index contributed by atoms with van der Waals surface area (Å²) in [5.74, 6) is 1.04. The molecule has 1 aromatic rings. The lowest BCUT2D eigenvalue weighted by molar-refractivity contribution is 0.473. The molecule has 3 heteroatoms. The van der Waals surface area contributed by atoms with E-state index >= 15 is 0 Å². The van der Waals surface area contributed by atoms with Crippen LogP contribution in [-0.4, -0.2) is 13.1 Å². The molecule has 0 aliphatic rings. The van der Waals surface area contributed by atoms with Crippen molar-refractivity contribution in [1.82, 2.24) is 5.32 Å². The van der Waals surface area contributed by atoms with Gasteiger partial charge >= 0.3 is 0 Å². The average molecular weight is 232 g/mol. The quantitative estimate of drug-likeness (QED) is 0.863. The molecule has 1 unspecified atom stereocenters. The van der Waals surface area contributed by atoms with Crippen LogP contribution in [0.5, 0.6) is 0 Å². The third kappa shape index (κ3) is 2.64. The third-order valence-electron chi connectivity index (χ3n) is 1.99. The second-order valence-corrected chi connectivity index (χ2v) is 3.77. The standard InChI is InChI=1S/C9H14BrNO/c1-7(11-2)3-4-9-8(10)5-6-12-9/h5-7,11H,3-4H2,1-2H3. The van der Waals surface area contributed by atoms with Gasteiger partial charge in [0.05, 0.1) is 10.7 Å². The second kappa shape index (κ2) is 4.67. The summed E-state index contributed by atoms with van der Waals surface area (Å²) in [6.45, 7) is 2.16. The predicted octanol–water partition coefficient (Wildman–Crippen LogP) is 2.58. The summed E-state index contributed by atoms with van der Waals surface area (Å²) in [5.41, 5.74) is 0. The zero-order valence-electron chi connectivity index (χ0n) is 7.43. The zero-order chi connectivity index (χ0) is 8.97. The summed E-state index contributed by atoms with van der Waals surface area (Å²) in [5, 5.41) is 3.19. The molecule has 0 saturated heterocycles. The van der Waals surface area contributed by atoms with Crippen molar-refractivity contribution in [2.45, 2.75) is 25.8 Å². The van der Waals surface area contributed by atoms with Gasteiger partial charge in [-0.1, -0.05) is 0 Å². The molecule has 0 amide bonds. The molecule has 0 bridgehead atoms. The number of hydrogen-bond donors (Lipinski definition) is 1. The molecule has 0 spiro atoms. The topological polar surface area (TPSA) is 25.2 Å². The van der Waals surface area contributed by atoms with Crippen molar-refractivity contribution in [3.63, 3.8) is 0 Å². The van der Waals surface area contributed by atoms with E-state index < -0.39 is 0 Å². The van der Waals surface area contributed by atoms with E-state index in [-0.39, 0.29) is 0 Å². The van der Waals surface area contributed by atoms with Gasteiger partial charge in [-0.15, -0.1) is 0 Å². The summed E-state index contributed by atoms with van der Waals surface area (Å²) >= 11 is 3.42. The molecule has 0 radical (unpaired) electrons. The van der Waals surface area contributed by atoms with Crippen LogP contribution in [0.25, 0.3) is 0 Å². The molecule has 0 fully saturated rings. The Morgan fingerprint density at radius 3 is 2.92 bits per heavy atom. The Hall–Kier alpha value is -0.280. The number of nitrogens with one attached hydrogen (secondary N) is 1. The smallest absolute Gasteiger partial charge is 0.117 e.